The smallest absolute Gasteiger partial charge is 0.295 e. The summed E-state index contributed by atoms with van der Waals surface area (Å²) in [6, 6.07) is 17.2. The Morgan fingerprint density at radius 1 is 0.932 bits per heavy atom. The molecule has 0 saturated carbocycles. The summed E-state index contributed by atoms with van der Waals surface area (Å²) >= 11 is 0. The number of methoxy groups -OCH3 is 3. The molecule has 10 heteroatoms. The van der Waals surface area contributed by atoms with E-state index in [0.29, 0.717) is 53.7 Å². The summed E-state index contributed by atoms with van der Waals surface area (Å²) in [5.74, 6) is -0.0624. The second kappa shape index (κ2) is 13.4. The third-order valence-corrected chi connectivity index (χ3v) is 7.70. The zero-order valence-corrected chi connectivity index (χ0v) is 25.1. The SMILES string of the molecule is COc1cc(C2C(=C(O)c3ccc(OCc4ccccc4C)cc3)C(=O)C(=O)N2CCCn2ccnc2)cc(OC)c1OC. The molecule has 1 N–H and O–H groups in total. The monoisotopic (exact) mass is 597 g/mol. The third kappa shape index (κ3) is 6.10. The number of likely N-dealkylation sites (tertiary alicyclic amines) is 1. The number of carbonyl (C=O) groups is 2. The van der Waals surface area contributed by atoms with Crippen LogP contribution in [0.3, 0.4) is 0 Å². The van der Waals surface area contributed by atoms with Crippen LogP contribution in [0.4, 0.5) is 0 Å². The van der Waals surface area contributed by atoms with Crippen LogP contribution in [0.1, 0.15) is 34.7 Å². The van der Waals surface area contributed by atoms with Crippen LogP contribution in [0.15, 0.2) is 85.0 Å². The fourth-order valence-corrected chi connectivity index (χ4v) is 5.36. The van der Waals surface area contributed by atoms with Crippen LogP contribution in [0.5, 0.6) is 23.0 Å². The molecule has 1 aromatic heterocycles. The van der Waals surface area contributed by atoms with Gasteiger partial charge in [0.2, 0.25) is 5.75 Å². The van der Waals surface area contributed by atoms with Gasteiger partial charge in [-0.2, -0.15) is 0 Å². The summed E-state index contributed by atoms with van der Waals surface area (Å²) in [5, 5.41) is 11.6. The van der Waals surface area contributed by atoms with Crippen molar-refractivity contribution in [3.63, 3.8) is 0 Å². The first-order chi connectivity index (χ1) is 21.4. The number of nitrogens with zero attached hydrogens (tertiary/aromatic N) is 3. The molecule has 1 unspecified atom stereocenters. The molecule has 3 aromatic carbocycles. The Hall–Kier alpha value is -5.25. The van der Waals surface area contributed by atoms with E-state index in [1.165, 1.54) is 26.2 Å². The number of Topliss-reactive ketones (excluding diaryl/α,β-unsaturated/α-hetero) is 1. The highest BCUT2D eigenvalue weighted by molar-refractivity contribution is 6.46. The lowest BCUT2D eigenvalue weighted by atomic mass is 9.94. The fraction of sp³-hybridized carbons (Fsp3) is 0.265. The average Bonchev–Trinajstić information content (AvgIpc) is 3.66. The molecule has 0 spiro atoms. The predicted octanol–water partition coefficient (Wildman–Crippen LogP) is 5.31. The van der Waals surface area contributed by atoms with Crippen molar-refractivity contribution < 1.29 is 33.6 Å². The fourth-order valence-electron chi connectivity index (χ4n) is 5.36. The lowest BCUT2D eigenvalue weighted by molar-refractivity contribution is -0.139. The molecule has 0 radical (unpaired) electrons. The quantitative estimate of drug-likeness (QED) is 0.133. The number of ketones is 1. The highest BCUT2D eigenvalue weighted by atomic mass is 16.5. The molecule has 2 heterocycles. The van der Waals surface area contributed by atoms with Crippen molar-refractivity contribution in [3.05, 3.63) is 107 Å². The first-order valence-electron chi connectivity index (χ1n) is 14.2. The van der Waals surface area contributed by atoms with E-state index in [0.717, 1.165) is 11.1 Å². The Morgan fingerprint density at radius 3 is 2.25 bits per heavy atom. The largest absolute Gasteiger partial charge is 0.507 e. The van der Waals surface area contributed by atoms with Crippen LogP contribution >= 0.6 is 0 Å². The maximum Gasteiger partial charge on any atom is 0.295 e. The second-order valence-corrected chi connectivity index (χ2v) is 10.3. The Bertz CT molecular complexity index is 1640. The van der Waals surface area contributed by atoms with Gasteiger partial charge in [-0.25, -0.2) is 4.98 Å². The molecule has 4 aromatic rings. The number of ether oxygens (including phenoxy) is 4. The van der Waals surface area contributed by atoms with E-state index in [1.807, 2.05) is 42.0 Å². The van der Waals surface area contributed by atoms with Gasteiger partial charge in [-0.05, 0) is 66.4 Å². The van der Waals surface area contributed by atoms with Crippen molar-refractivity contribution in [2.75, 3.05) is 27.9 Å². The van der Waals surface area contributed by atoms with Crippen LogP contribution in [-0.4, -0.2) is 59.1 Å². The van der Waals surface area contributed by atoms with Crippen LogP contribution in [0.25, 0.3) is 5.76 Å². The summed E-state index contributed by atoms with van der Waals surface area (Å²) in [7, 11) is 4.48. The number of hydrogen-bond acceptors (Lipinski definition) is 8. The van der Waals surface area contributed by atoms with E-state index in [1.54, 1.807) is 48.9 Å². The topological polar surface area (TPSA) is 112 Å². The van der Waals surface area contributed by atoms with Gasteiger partial charge in [0.05, 0.1) is 39.3 Å². The first kappa shape index (κ1) is 30.2. The van der Waals surface area contributed by atoms with Gasteiger partial charge in [0.25, 0.3) is 11.7 Å². The molecule has 5 rings (SSSR count). The molecule has 10 nitrogen and oxygen atoms in total. The number of hydrogen-bond donors (Lipinski definition) is 1. The van der Waals surface area contributed by atoms with Crippen molar-refractivity contribution in [1.29, 1.82) is 0 Å². The van der Waals surface area contributed by atoms with Gasteiger partial charge in [-0.1, -0.05) is 24.3 Å². The Morgan fingerprint density at radius 2 is 1.64 bits per heavy atom. The van der Waals surface area contributed by atoms with Crippen LogP contribution in [0.2, 0.25) is 0 Å². The second-order valence-electron chi connectivity index (χ2n) is 10.3. The summed E-state index contributed by atoms with van der Waals surface area (Å²) in [6.45, 7) is 3.27. The minimum Gasteiger partial charge on any atom is -0.507 e. The molecule has 1 fully saturated rings. The molecule has 228 valence electrons. The average molecular weight is 598 g/mol. The van der Waals surface area contributed by atoms with Gasteiger partial charge in [-0.15, -0.1) is 0 Å². The van der Waals surface area contributed by atoms with Gasteiger partial charge >= 0.3 is 0 Å². The van der Waals surface area contributed by atoms with Crippen molar-refractivity contribution >= 4 is 17.4 Å². The lowest BCUT2D eigenvalue weighted by Gasteiger charge is -2.26. The lowest BCUT2D eigenvalue weighted by Crippen LogP contribution is -2.31. The molecule has 1 aliphatic rings. The van der Waals surface area contributed by atoms with E-state index in [4.69, 9.17) is 18.9 Å². The molecule has 1 atom stereocenters. The van der Waals surface area contributed by atoms with Gasteiger partial charge in [0, 0.05) is 31.0 Å². The minimum absolute atomic E-state index is 0.0273. The van der Waals surface area contributed by atoms with E-state index in [9.17, 15) is 14.7 Å². The molecular weight excluding hydrogens is 562 g/mol. The maximum absolute atomic E-state index is 13.6. The molecule has 1 aliphatic heterocycles. The van der Waals surface area contributed by atoms with E-state index < -0.39 is 17.7 Å². The summed E-state index contributed by atoms with van der Waals surface area (Å²) < 4.78 is 24.4. The van der Waals surface area contributed by atoms with Crippen LogP contribution in [0, 0.1) is 6.92 Å². The number of benzene rings is 3. The molecular formula is C34H35N3O7. The van der Waals surface area contributed by atoms with Crippen LogP contribution in [-0.2, 0) is 22.7 Å². The highest BCUT2D eigenvalue weighted by Gasteiger charge is 2.46. The number of aliphatic hydroxyl groups is 1. The Balaban J connectivity index is 1.50. The number of amides is 1. The zero-order chi connectivity index (χ0) is 31.2. The number of aryl methyl sites for hydroxylation is 2. The highest BCUT2D eigenvalue weighted by Crippen LogP contribution is 2.45. The Labute approximate surface area is 256 Å². The van der Waals surface area contributed by atoms with Gasteiger partial charge < -0.3 is 33.5 Å². The third-order valence-electron chi connectivity index (χ3n) is 7.70. The van der Waals surface area contributed by atoms with Crippen LogP contribution < -0.4 is 18.9 Å². The number of aliphatic hydroxyl groups excluding tert-OH is 1. The van der Waals surface area contributed by atoms with E-state index in [-0.39, 0.29) is 17.9 Å². The number of aromatic nitrogens is 2. The first-order valence-corrected chi connectivity index (χ1v) is 14.2. The Kier molecular flexibility index (Phi) is 9.18. The maximum atomic E-state index is 13.6. The normalized spacial score (nSPS) is 15.8. The van der Waals surface area contributed by atoms with Crippen molar-refractivity contribution in [2.24, 2.45) is 0 Å². The predicted molar refractivity (Wildman–Crippen MR) is 164 cm³/mol. The number of carbonyl (C=O) groups excluding carboxylic acids is 2. The number of imidazole rings is 1. The van der Waals surface area contributed by atoms with Gasteiger partial charge in [0.15, 0.2) is 11.5 Å². The summed E-state index contributed by atoms with van der Waals surface area (Å²) in [5.41, 5.74) is 3.07. The van der Waals surface area contributed by atoms with E-state index in [2.05, 4.69) is 4.98 Å². The molecule has 44 heavy (non-hydrogen) atoms. The van der Waals surface area contributed by atoms with Gasteiger partial charge in [-0.3, -0.25) is 9.59 Å². The van der Waals surface area contributed by atoms with Crippen molar-refractivity contribution in [2.45, 2.75) is 32.5 Å². The molecule has 1 saturated heterocycles. The summed E-state index contributed by atoms with van der Waals surface area (Å²) in [6.07, 6.45) is 5.76. The minimum atomic E-state index is -0.900. The van der Waals surface area contributed by atoms with E-state index >= 15 is 0 Å². The van der Waals surface area contributed by atoms with Crippen molar-refractivity contribution in [3.8, 4) is 23.0 Å². The van der Waals surface area contributed by atoms with Gasteiger partial charge in [0.1, 0.15) is 18.1 Å². The van der Waals surface area contributed by atoms with Crippen molar-refractivity contribution in [1.82, 2.24) is 14.5 Å². The standard InChI is InChI=1S/C34H35N3O7/c1-22-8-5-6-9-24(22)20-44-26-12-10-23(11-13-26)31(38)29-30(25-18-27(41-2)33(43-4)28(19-25)42-3)37(34(40)32(29)39)16-7-15-36-17-14-35-21-36/h5-6,8-14,17-19,21,30,38H,7,15-16,20H2,1-4H3. The molecule has 1 amide bonds. The zero-order valence-electron chi connectivity index (χ0n) is 25.1. The number of rotatable bonds is 12. The molecule has 0 bridgehead atoms. The summed E-state index contributed by atoms with van der Waals surface area (Å²) in [4.78, 5) is 32.6. The molecule has 0 aliphatic carbocycles.